The van der Waals surface area contributed by atoms with Crippen molar-refractivity contribution in [3.63, 3.8) is 0 Å². The molecule has 1 aliphatic heterocycles. The van der Waals surface area contributed by atoms with E-state index in [9.17, 15) is 10.2 Å². The van der Waals surface area contributed by atoms with Crippen molar-refractivity contribution >= 4 is 0 Å². The molecular weight excluding hydrogens is 148 g/mol. The summed E-state index contributed by atoms with van der Waals surface area (Å²) in [6.45, 7) is 0.505. The van der Waals surface area contributed by atoms with Crippen molar-refractivity contribution in [2.24, 2.45) is 0 Å². The van der Waals surface area contributed by atoms with Gasteiger partial charge in [0.25, 0.3) is 0 Å². The van der Waals surface area contributed by atoms with E-state index in [1.165, 1.54) is 7.11 Å². The summed E-state index contributed by atoms with van der Waals surface area (Å²) in [4.78, 5) is 0. The first-order chi connectivity index (χ1) is 5.16. The zero-order valence-electron chi connectivity index (χ0n) is 6.62. The van der Waals surface area contributed by atoms with Gasteiger partial charge in [0.05, 0.1) is 12.7 Å². The molecule has 0 spiro atoms. The van der Waals surface area contributed by atoms with E-state index in [1.807, 2.05) is 0 Å². The minimum Gasteiger partial charge on any atom is -0.393 e. The van der Waals surface area contributed by atoms with Crippen LogP contribution in [0.2, 0.25) is 0 Å². The number of aliphatic hydroxyl groups is 2. The topological polar surface area (TPSA) is 58.9 Å². The fourth-order valence-corrected chi connectivity index (χ4v) is 1.24. The van der Waals surface area contributed by atoms with Gasteiger partial charge in [0.2, 0.25) is 0 Å². The molecular formula is C7H14O4. The van der Waals surface area contributed by atoms with Crippen LogP contribution in [-0.2, 0) is 9.47 Å². The Morgan fingerprint density at radius 1 is 1.73 bits per heavy atom. The fourth-order valence-electron chi connectivity index (χ4n) is 1.24. The monoisotopic (exact) mass is 162 g/mol. The summed E-state index contributed by atoms with van der Waals surface area (Å²) < 4.78 is 9.79. The van der Waals surface area contributed by atoms with Crippen molar-refractivity contribution in [1.29, 1.82) is 0 Å². The fraction of sp³-hybridized carbons (Fsp3) is 1.00. The Balaban J connectivity index is 2.41. The molecule has 2 N–H and O–H groups in total. The van der Waals surface area contributed by atoms with Crippen molar-refractivity contribution < 1.29 is 19.7 Å². The second-order valence-corrected chi connectivity index (χ2v) is 2.87. The lowest BCUT2D eigenvalue weighted by Crippen LogP contribution is -2.45. The van der Waals surface area contributed by atoms with Gasteiger partial charge in [0.15, 0.2) is 5.79 Å². The van der Waals surface area contributed by atoms with Gasteiger partial charge in [-0.05, 0) is 6.42 Å². The van der Waals surface area contributed by atoms with Crippen LogP contribution in [-0.4, -0.2) is 42.4 Å². The summed E-state index contributed by atoms with van der Waals surface area (Å²) in [5.41, 5.74) is 0. The van der Waals surface area contributed by atoms with Gasteiger partial charge in [-0.25, -0.2) is 0 Å². The number of methoxy groups -OCH3 is 1. The van der Waals surface area contributed by atoms with Gasteiger partial charge in [-0.1, -0.05) is 0 Å². The van der Waals surface area contributed by atoms with Crippen LogP contribution in [0.1, 0.15) is 12.8 Å². The van der Waals surface area contributed by atoms with Crippen LogP contribution >= 0.6 is 0 Å². The highest BCUT2D eigenvalue weighted by Crippen LogP contribution is 2.22. The summed E-state index contributed by atoms with van der Waals surface area (Å²) in [6, 6.07) is 0. The maximum Gasteiger partial charge on any atom is 0.191 e. The number of ether oxygens (including phenoxy) is 2. The molecule has 66 valence electrons. The molecule has 0 amide bonds. The minimum absolute atomic E-state index is 0.115. The third-order valence-electron chi connectivity index (χ3n) is 1.75. The predicted molar refractivity (Wildman–Crippen MR) is 38.0 cm³/mol. The van der Waals surface area contributed by atoms with E-state index in [2.05, 4.69) is 0 Å². The lowest BCUT2D eigenvalue weighted by molar-refractivity contribution is -0.263. The third kappa shape index (κ3) is 2.41. The van der Waals surface area contributed by atoms with Crippen LogP contribution < -0.4 is 0 Å². The number of hydrogen-bond donors (Lipinski definition) is 2. The molecule has 1 aliphatic rings. The Morgan fingerprint density at radius 3 is 3.00 bits per heavy atom. The SMILES string of the molecule is COCC1(O)CC(O)CCO1. The smallest absolute Gasteiger partial charge is 0.191 e. The van der Waals surface area contributed by atoms with Gasteiger partial charge in [-0.3, -0.25) is 0 Å². The largest absolute Gasteiger partial charge is 0.393 e. The molecule has 0 radical (unpaired) electrons. The molecule has 4 nitrogen and oxygen atoms in total. The second kappa shape index (κ2) is 3.49. The number of hydrogen-bond acceptors (Lipinski definition) is 4. The van der Waals surface area contributed by atoms with Crippen LogP contribution in [0, 0.1) is 0 Å². The maximum atomic E-state index is 9.53. The Labute approximate surface area is 65.7 Å². The summed E-state index contributed by atoms with van der Waals surface area (Å²) in [7, 11) is 1.49. The lowest BCUT2D eigenvalue weighted by Gasteiger charge is -2.33. The van der Waals surface area contributed by atoms with E-state index < -0.39 is 11.9 Å². The van der Waals surface area contributed by atoms with E-state index in [1.54, 1.807) is 0 Å². The average Bonchev–Trinajstić information content (AvgIpc) is 1.86. The van der Waals surface area contributed by atoms with Gasteiger partial charge < -0.3 is 19.7 Å². The highest BCUT2D eigenvalue weighted by molar-refractivity contribution is 4.76. The summed E-state index contributed by atoms with van der Waals surface area (Å²) in [5.74, 6) is -1.27. The normalized spacial score (nSPS) is 39.0. The van der Waals surface area contributed by atoms with Crippen LogP contribution in [0.15, 0.2) is 0 Å². The molecule has 2 unspecified atom stereocenters. The minimum atomic E-state index is -1.27. The zero-order valence-corrected chi connectivity index (χ0v) is 6.62. The van der Waals surface area contributed by atoms with Crippen molar-refractivity contribution in [2.75, 3.05) is 20.3 Å². The molecule has 0 aromatic heterocycles. The number of aliphatic hydroxyl groups excluding tert-OH is 1. The van der Waals surface area contributed by atoms with E-state index in [0.29, 0.717) is 13.0 Å². The van der Waals surface area contributed by atoms with E-state index >= 15 is 0 Å². The van der Waals surface area contributed by atoms with Crippen LogP contribution in [0.3, 0.4) is 0 Å². The van der Waals surface area contributed by atoms with Crippen LogP contribution in [0.4, 0.5) is 0 Å². The Bertz CT molecular complexity index is 124. The first-order valence-corrected chi connectivity index (χ1v) is 3.70. The molecule has 11 heavy (non-hydrogen) atoms. The van der Waals surface area contributed by atoms with Gasteiger partial charge in [-0.2, -0.15) is 0 Å². The zero-order chi connectivity index (χ0) is 8.32. The predicted octanol–water partition coefficient (Wildman–Crippen LogP) is -0.507. The highest BCUT2D eigenvalue weighted by atomic mass is 16.6. The molecule has 0 aliphatic carbocycles. The van der Waals surface area contributed by atoms with Gasteiger partial charge >= 0.3 is 0 Å². The van der Waals surface area contributed by atoms with Crippen molar-refractivity contribution in [2.45, 2.75) is 24.7 Å². The second-order valence-electron chi connectivity index (χ2n) is 2.87. The van der Waals surface area contributed by atoms with Crippen LogP contribution in [0.25, 0.3) is 0 Å². The Kier molecular flexibility index (Phi) is 2.84. The first-order valence-electron chi connectivity index (χ1n) is 3.70. The van der Waals surface area contributed by atoms with Gasteiger partial charge in [0, 0.05) is 13.5 Å². The molecule has 0 saturated carbocycles. The third-order valence-corrected chi connectivity index (χ3v) is 1.75. The van der Waals surface area contributed by atoms with Gasteiger partial charge in [-0.15, -0.1) is 0 Å². The molecule has 0 aromatic carbocycles. The molecule has 0 bridgehead atoms. The molecule has 1 rings (SSSR count). The molecule has 1 saturated heterocycles. The lowest BCUT2D eigenvalue weighted by atomic mass is 10.0. The quantitative estimate of drug-likeness (QED) is 0.574. The summed E-state index contributed by atoms with van der Waals surface area (Å²) in [6.07, 6.45) is 0.358. The van der Waals surface area contributed by atoms with Gasteiger partial charge in [0.1, 0.15) is 6.61 Å². The summed E-state index contributed by atoms with van der Waals surface area (Å²) in [5, 5.41) is 18.7. The van der Waals surface area contributed by atoms with E-state index in [4.69, 9.17) is 9.47 Å². The maximum absolute atomic E-state index is 9.53. The Hall–Kier alpha value is -0.160. The average molecular weight is 162 g/mol. The molecule has 4 heteroatoms. The molecule has 1 heterocycles. The number of rotatable bonds is 2. The molecule has 2 atom stereocenters. The standard InChI is InChI=1S/C7H14O4/c1-10-5-7(9)4-6(8)2-3-11-7/h6,8-9H,2-5H2,1H3. The van der Waals surface area contributed by atoms with E-state index in [0.717, 1.165) is 0 Å². The van der Waals surface area contributed by atoms with Crippen molar-refractivity contribution in [3.8, 4) is 0 Å². The summed E-state index contributed by atoms with van der Waals surface area (Å²) >= 11 is 0. The molecule has 0 aromatic rings. The molecule has 1 fully saturated rings. The van der Waals surface area contributed by atoms with Crippen molar-refractivity contribution in [3.05, 3.63) is 0 Å². The van der Waals surface area contributed by atoms with E-state index in [-0.39, 0.29) is 13.0 Å². The van der Waals surface area contributed by atoms with Crippen molar-refractivity contribution in [1.82, 2.24) is 0 Å². The highest BCUT2D eigenvalue weighted by Gasteiger charge is 2.34. The Morgan fingerprint density at radius 2 is 2.45 bits per heavy atom. The van der Waals surface area contributed by atoms with Crippen LogP contribution in [0.5, 0.6) is 0 Å². The first kappa shape index (κ1) is 8.93.